The molecule has 1 amide bonds. The molecule has 4 nitrogen and oxygen atoms in total. The fourth-order valence-electron chi connectivity index (χ4n) is 2.46. The number of halogens is 1. The van der Waals surface area contributed by atoms with Crippen LogP contribution in [0, 0.1) is 0 Å². The van der Waals surface area contributed by atoms with Gasteiger partial charge in [-0.05, 0) is 12.1 Å². The van der Waals surface area contributed by atoms with E-state index in [4.69, 9.17) is 11.6 Å². The Balaban J connectivity index is 1.86. The van der Waals surface area contributed by atoms with Crippen LogP contribution in [0.4, 0.5) is 0 Å². The Bertz CT molecular complexity index is 737. The van der Waals surface area contributed by atoms with Gasteiger partial charge in [0.05, 0.1) is 22.8 Å². The molecule has 2 heterocycles. The second kappa shape index (κ2) is 5.36. The molecule has 1 aromatic heterocycles. The molecule has 0 N–H and O–H groups in total. The van der Waals surface area contributed by atoms with Crippen molar-refractivity contribution < 1.29 is 4.79 Å². The van der Waals surface area contributed by atoms with E-state index in [1.807, 2.05) is 18.3 Å². The molecule has 0 spiro atoms. The number of rotatable bonds is 1. The van der Waals surface area contributed by atoms with Crippen LogP contribution >= 0.6 is 11.6 Å². The number of hydrogen-bond donors (Lipinski definition) is 0. The van der Waals surface area contributed by atoms with Crippen molar-refractivity contribution in [2.75, 3.05) is 0 Å². The van der Waals surface area contributed by atoms with Crippen molar-refractivity contribution in [3.63, 3.8) is 0 Å². The van der Waals surface area contributed by atoms with E-state index >= 15 is 0 Å². The molecular weight excluding hydrogens is 298 g/mol. The van der Waals surface area contributed by atoms with E-state index in [2.05, 4.69) is 30.7 Å². The third kappa shape index (κ3) is 2.71. The first-order valence-corrected chi connectivity index (χ1v) is 7.63. The van der Waals surface area contributed by atoms with Crippen LogP contribution in [0.3, 0.4) is 0 Å². The first-order valence-electron chi connectivity index (χ1n) is 7.25. The third-order valence-corrected chi connectivity index (χ3v) is 4.05. The van der Waals surface area contributed by atoms with E-state index in [0.717, 1.165) is 17.1 Å². The molecule has 1 aliphatic rings. The molecule has 0 aliphatic carbocycles. The Kier molecular flexibility index (Phi) is 3.65. The Morgan fingerprint density at radius 1 is 1.23 bits per heavy atom. The van der Waals surface area contributed by atoms with Crippen molar-refractivity contribution in [2.45, 2.75) is 39.3 Å². The van der Waals surface area contributed by atoms with Gasteiger partial charge < -0.3 is 4.90 Å². The lowest BCUT2D eigenvalue weighted by Crippen LogP contribution is -2.25. The SMILES string of the molecule is CC(C)(C)c1ncc2c(n1)CN(C(=O)c1ccccc1Cl)C2. The van der Waals surface area contributed by atoms with Crippen LogP contribution in [-0.4, -0.2) is 20.8 Å². The molecule has 0 saturated carbocycles. The second-order valence-corrected chi connectivity index (χ2v) is 6.96. The quantitative estimate of drug-likeness (QED) is 0.808. The van der Waals surface area contributed by atoms with Gasteiger partial charge in [-0.2, -0.15) is 0 Å². The molecule has 5 heteroatoms. The topological polar surface area (TPSA) is 46.1 Å². The van der Waals surface area contributed by atoms with Gasteiger partial charge in [-0.3, -0.25) is 4.79 Å². The summed E-state index contributed by atoms with van der Waals surface area (Å²) in [4.78, 5) is 23.4. The van der Waals surface area contributed by atoms with Gasteiger partial charge in [-0.15, -0.1) is 0 Å². The van der Waals surface area contributed by atoms with Gasteiger partial charge >= 0.3 is 0 Å². The molecule has 2 aromatic rings. The minimum absolute atomic E-state index is 0.0686. The zero-order valence-corrected chi connectivity index (χ0v) is 13.7. The Morgan fingerprint density at radius 2 is 1.95 bits per heavy atom. The summed E-state index contributed by atoms with van der Waals surface area (Å²) in [5, 5.41) is 0.477. The third-order valence-electron chi connectivity index (χ3n) is 3.72. The fourth-order valence-corrected chi connectivity index (χ4v) is 2.68. The molecule has 114 valence electrons. The minimum atomic E-state index is -0.102. The molecule has 0 radical (unpaired) electrons. The van der Waals surface area contributed by atoms with E-state index in [1.54, 1.807) is 17.0 Å². The number of amides is 1. The lowest BCUT2D eigenvalue weighted by atomic mass is 9.95. The first kappa shape index (κ1) is 15.0. The van der Waals surface area contributed by atoms with Crippen molar-refractivity contribution in [1.82, 2.24) is 14.9 Å². The van der Waals surface area contributed by atoms with Crippen LogP contribution < -0.4 is 0 Å². The van der Waals surface area contributed by atoms with Crippen LogP contribution in [-0.2, 0) is 18.5 Å². The van der Waals surface area contributed by atoms with Crippen molar-refractivity contribution in [3.8, 4) is 0 Å². The predicted molar refractivity (Wildman–Crippen MR) is 85.8 cm³/mol. The number of carbonyl (C=O) groups is 1. The Labute approximate surface area is 135 Å². The molecule has 0 fully saturated rings. The molecule has 0 saturated heterocycles. The first-order chi connectivity index (χ1) is 10.4. The van der Waals surface area contributed by atoms with E-state index in [-0.39, 0.29) is 11.3 Å². The Hall–Kier alpha value is -1.94. The van der Waals surface area contributed by atoms with E-state index < -0.39 is 0 Å². The smallest absolute Gasteiger partial charge is 0.256 e. The van der Waals surface area contributed by atoms with Crippen LogP contribution in [0.1, 0.15) is 48.2 Å². The standard InChI is InChI=1S/C17H18ClN3O/c1-17(2,3)16-19-8-11-9-21(10-14(11)20-16)15(22)12-6-4-5-7-13(12)18/h4-8H,9-10H2,1-3H3. The maximum atomic E-state index is 12.6. The van der Waals surface area contributed by atoms with Crippen molar-refractivity contribution >= 4 is 17.5 Å². The molecule has 0 bridgehead atoms. The van der Waals surface area contributed by atoms with Crippen LogP contribution in [0.25, 0.3) is 0 Å². The highest BCUT2D eigenvalue weighted by molar-refractivity contribution is 6.33. The highest BCUT2D eigenvalue weighted by Crippen LogP contribution is 2.27. The van der Waals surface area contributed by atoms with Gasteiger partial charge in [0.2, 0.25) is 0 Å². The number of aromatic nitrogens is 2. The van der Waals surface area contributed by atoms with Gasteiger partial charge in [-0.1, -0.05) is 44.5 Å². The summed E-state index contributed by atoms with van der Waals surface area (Å²) < 4.78 is 0. The van der Waals surface area contributed by atoms with Crippen LogP contribution in [0.5, 0.6) is 0 Å². The molecule has 1 aromatic carbocycles. The normalized spacial score (nSPS) is 14.1. The summed E-state index contributed by atoms with van der Waals surface area (Å²) in [5.74, 6) is 0.735. The van der Waals surface area contributed by atoms with Crippen molar-refractivity contribution in [3.05, 3.63) is 58.1 Å². The molecular formula is C17H18ClN3O. The molecule has 1 aliphatic heterocycles. The lowest BCUT2D eigenvalue weighted by Gasteiger charge is -2.16. The number of carbonyl (C=O) groups excluding carboxylic acids is 1. The van der Waals surface area contributed by atoms with Crippen LogP contribution in [0.2, 0.25) is 5.02 Å². The van der Waals surface area contributed by atoms with Crippen LogP contribution in [0.15, 0.2) is 30.5 Å². The highest BCUT2D eigenvalue weighted by atomic mass is 35.5. The zero-order valence-electron chi connectivity index (χ0n) is 12.9. The maximum Gasteiger partial charge on any atom is 0.256 e. The predicted octanol–water partition coefficient (Wildman–Crippen LogP) is 3.58. The fraction of sp³-hybridized carbons (Fsp3) is 0.353. The monoisotopic (exact) mass is 315 g/mol. The lowest BCUT2D eigenvalue weighted by molar-refractivity contribution is 0.0750. The summed E-state index contributed by atoms with van der Waals surface area (Å²) in [6.45, 7) is 7.28. The average Bonchev–Trinajstić information content (AvgIpc) is 2.89. The average molecular weight is 316 g/mol. The minimum Gasteiger partial charge on any atom is -0.328 e. The number of hydrogen-bond acceptors (Lipinski definition) is 3. The zero-order chi connectivity index (χ0) is 15.9. The Morgan fingerprint density at radius 3 is 2.64 bits per heavy atom. The molecule has 0 unspecified atom stereocenters. The second-order valence-electron chi connectivity index (χ2n) is 6.56. The van der Waals surface area contributed by atoms with Gasteiger partial charge in [0.15, 0.2) is 0 Å². The van der Waals surface area contributed by atoms with Gasteiger partial charge in [0, 0.05) is 23.7 Å². The van der Waals surface area contributed by atoms with Gasteiger partial charge in [0.25, 0.3) is 5.91 Å². The summed E-state index contributed by atoms with van der Waals surface area (Å²) in [5.41, 5.74) is 2.37. The van der Waals surface area contributed by atoms with E-state index in [0.29, 0.717) is 23.7 Å². The summed E-state index contributed by atoms with van der Waals surface area (Å²) in [7, 11) is 0. The highest BCUT2D eigenvalue weighted by Gasteiger charge is 2.28. The molecule has 0 atom stereocenters. The summed E-state index contributed by atoms with van der Waals surface area (Å²) >= 11 is 6.12. The van der Waals surface area contributed by atoms with E-state index in [1.165, 1.54) is 0 Å². The van der Waals surface area contributed by atoms with Crippen molar-refractivity contribution in [2.24, 2.45) is 0 Å². The summed E-state index contributed by atoms with van der Waals surface area (Å²) in [6.07, 6.45) is 1.84. The molecule has 22 heavy (non-hydrogen) atoms. The van der Waals surface area contributed by atoms with E-state index in [9.17, 15) is 4.79 Å². The largest absolute Gasteiger partial charge is 0.328 e. The number of fused-ring (bicyclic) bond motifs is 1. The number of benzene rings is 1. The summed E-state index contributed by atoms with van der Waals surface area (Å²) in [6, 6.07) is 7.12. The number of nitrogens with zero attached hydrogens (tertiary/aromatic N) is 3. The van der Waals surface area contributed by atoms with Gasteiger partial charge in [-0.25, -0.2) is 9.97 Å². The van der Waals surface area contributed by atoms with Gasteiger partial charge in [0.1, 0.15) is 5.82 Å². The molecule has 3 rings (SSSR count). The van der Waals surface area contributed by atoms with Crippen molar-refractivity contribution in [1.29, 1.82) is 0 Å². The maximum absolute atomic E-state index is 12.6.